The molecule has 2 heteroatoms. The summed E-state index contributed by atoms with van der Waals surface area (Å²) < 4.78 is 5.26. The first-order chi connectivity index (χ1) is 16.1. The van der Waals surface area contributed by atoms with E-state index < -0.39 is 0 Å². The summed E-state index contributed by atoms with van der Waals surface area (Å²) in [5.74, 6) is 1.34. The molecule has 0 atom stereocenters. The van der Waals surface area contributed by atoms with Gasteiger partial charge < -0.3 is 0 Å². The molecule has 1 aliphatic carbocycles. The van der Waals surface area contributed by atoms with E-state index in [2.05, 4.69) is 110 Å². The molecule has 2 nitrogen and oxygen atoms in total. The van der Waals surface area contributed by atoms with Crippen LogP contribution < -0.4 is 4.57 Å². The molecule has 0 amide bonds. The highest BCUT2D eigenvalue weighted by molar-refractivity contribution is 5.70. The molecule has 1 aromatic heterocycles. The van der Waals surface area contributed by atoms with Gasteiger partial charge in [0.25, 0.3) is 5.82 Å². The summed E-state index contributed by atoms with van der Waals surface area (Å²) >= 11 is 0. The maximum atomic E-state index is 2.71. The van der Waals surface area contributed by atoms with Crippen molar-refractivity contribution in [3.05, 3.63) is 95.2 Å². The Morgan fingerprint density at radius 3 is 1.94 bits per heavy atom. The predicted molar refractivity (Wildman–Crippen MR) is 138 cm³/mol. The van der Waals surface area contributed by atoms with E-state index in [0.29, 0.717) is 6.04 Å². The van der Waals surface area contributed by atoms with Crippen molar-refractivity contribution in [1.29, 1.82) is 0 Å². The van der Waals surface area contributed by atoms with Gasteiger partial charge in [0.2, 0.25) is 0 Å². The number of imidazole rings is 1. The minimum absolute atomic E-state index is 0.520. The summed E-state index contributed by atoms with van der Waals surface area (Å²) in [5, 5.41) is 0. The maximum absolute atomic E-state index is 2.71. The van der Waals surface area contributed by atoms with Gasteiger partial charge >= 0.3 is 0 Å². The van der Waals surface area contributed by atoms with Gasteiger partial charge in [-0.3, -0.25) is 0 Å². The molecular formula is C31H35N2+. The fraction of sp³-hybridized carbons (Fsp3) is 0.323. The lowest BCUT2D eigenvalue weighted by molar-refractivity contribution is -0.704. The fourth-order valence-electron chi connectivity index (χ4n) is 5.80. The van der Waals surface area contributed by atoms with Gasteiger partial charge in [-0.15, -0.1) is 0 Å². The lowest BCUT2D eigenvalue weighted by atomic mass is 9.93. The number of para-hydroxylation sites is 1. The van der Waals surface area contributed by atoms with E-state index in [4.69, 9.17) is 0 Å². The highest BCUT2D eigenvalue weighted by atomic mass is 15.2. The van der Waals surface area contributed by atoms with Crippen molar-refractivity contribution >= 4 is 0 Å². The topological polar surface area (TPSA) is 8.81 Å². The lowest BCUT2D eigenvalue weighted by Gasteiger charge is -2.23. The average Bonchev–Trinajstić information content (AvgIpc) is 3.13. The molecule has 1 saturated carbocycles. The maximum Gasteiger partial charge on any atom is 0.295 e. The molecule has 1 heterocycles. The van der Waals surface area contributed by atoms with E-state index in [1.165, 1.54) is 82.8 Å². The molecule has 168 valence electrons. The molecule has 0 saturated heterocycles. The summed E-state index contributed by atoms with van der Waals surface area (Å²) in [7, 11) is 0. The lowest BCUT2D eigenvalue weighted by Crippen LogP contribution is -2.43. The minimum atomic E-state index is 0.520. The Labute approximate surface area is 198 Å². The molecule has 0 unspecified atom stereocenters. The second-order valence-corrected chi connectivity index (χ2v) is 9.67. The Bertz CT molecular complexity index is 1250. The molecule has 0 bridgehead atoms. The summed E-state index contributed by atoms with van der Waals surface area (Å²) in [4.78, 5) is 0. The largest absolute Gasteiger partial charge is 0.295 e. The molecule has 0 radical (unpaired) electrons. The van der Waals surface area contributed by atoms with Crippen LogP contribution in [0.1, 0.15) is 60.5 Å². The van der Waals surface area contributed by atoms with Crippen LogP contribution in [0.5, 0.6) is 0 Å². The normalized spacial score (nSPS) is 14.5. The number of hydrogen-bond acceptors (Lipinski definition) is 0. The van der Waals surface area contributed by atoms with E-state index >= 15 is 0 Å². The summed E-state index contributed by atoms with van der Waals surface area (Å²) in [6.07, 6.45) is 6.48. The van der Waals surface area contributed by atoms with E-state index in [0.717, 1.165) is 0 Å². The van der Waals surface area contributed by atoms with Gasteiger partial charge in [0.05, 0.1) is 5.56 Å². The Balaban J connectivity index is 1.94. The van der Waals surface area contributed by atoms with Gasteiger partial charge in [-0.25, -0.2) is 4.57 Å². The van der Waals surface area contributed by atoms with Crippen LogP contribution in [-0.4, -0.2) is 4.57 Å². The summed E-state index contributed by atoms with van der Waals surface area (Å²) in [5.41, 5.74) is 10.6. The van der Waals surface area contributed by atoms with Crippen molar-refractivity contribution in [3.8, 4) is 28.3 Å². The smallest absolute Gasteiger partial charge is 0.220 e. The first-order valence-corrected chi connectivity index (χ1v) is 12.4. The van der Waals surface area contributed by atoms with Gasteiger partial charge in [-0.1, -0.05) is 73.2 Å². The van der Waals surface area contributed by atoms with Crippen molar-refractivity contribution in [3.63, 3.8) is 0 Å². The van der Waals surface area contributed by atoms with Crippen molar-refractivity contribution in [2.45, 2.75) is 65.8 Å². The van der Waals surface area contributed by atoms with Crippen molar-refractivity contribution in [2.75, 3.05) is 0 Å². The third-order valence-corrected chi connectivity index (χ3v) is 7.41. The second-order valence-electron chi connectivity index (χ2n) is 9.67. The first-order valence-electron chi connectivity index (χ1n) is 12.4. The third kappa shape index (κ3) is 3.82. The van der Waals surface area contributed by atoms with Crippen LogP contribution in [0.25, 0.3) is 28.3 Å². The Morgan fingerprint density at radius 1 is 0.667 bits per heavy atom. The van der Waals surface area contributed by atoms with Crippen LogP contribution >= 0.6 is 0 Å². The van der Waals surface area contributed by atoms with Crippen LogP contribution in [0.3, 0.4) is 0 Å². The first kappa shape index (κ1) is 21.7. The quantitative estimate of drug-likeness (QED) is 0.289. The molecule has 0 spiro atoms. The highest BCUT2D eigenvalue weighted by Crippen LogP contribution is 2.38. The Hall–Kier alpha value is -3.13. The van der Waals surface area contributed by atoms with Crippen LogP contribution in [0.15, 0.2) is 72.8 Å². The SMILES string of the molecule is Cc1ccccc1-n1c(C)c(-c2ccccc2)[n+](C2CCCCC2)c1-c1c(C)cccc1C. The van der Waals surface area contributed by atoms with Crippen molar-refractivity contribution < 1.29 is 4.57 Å². The molecular weight excluding hydrogens is 400 g/mol. The van der Waals surface area contributed by atoms with E-state index in [-0.39, 0.29) is 0 Å². The van der Waals surface area contributed by atoms with E-state index in [9.17, 15) is 0 Å². The molecule has 33 heavy (non-hydrogen) atoms. The summed E-state index contributed by atoms with van der Waals surface area (Å²) in [6.45, 7) is 9.07. The number of nitrogens with zero attached hydrogens (tertiary/aromatic N) is 2. The van der Waals surface area contributed by atoms with Gasteiger partial charge in [0, 0.05) is 12.5 Å². The zero-order valence-corrected chi connectivity index (χ0v) is 20.4. The number of aromatic nitrogens is 2. The molecule has 0 N–H and O–H groups in total. The second kappa shape index (κ2) is 9.02. The standard InChI is InChI=1S/C31H35N2/c1-22-14-11-12-21-28(22)32-25(4)30(26-17-7-5-8-18-26)33(27-19-9-6-10-20-27)31(32)29-23(2)15-13-16-24(29)3/h5,7-8,11-18,21,27H,6,9-10,19-20H2,1-4H3/q+1. The van der Waals surface area contributed by atoms with Gasteiger partial charge in [0.15, 0.2) is 11.4 Å². The van der Waals surface area contributed by atoms with Crippen LogP contribution in [0.2, 0.25) is 0 Å². The average molecular weight is 436 g/mol. The minimum Gasteiger partial charge on any atom is -0.220 e. The molecule has 4 aromatic rings. The monoisotopic (exact) mass is 435 g/mol. The predicted octanol–water partition coefficient (Wildman–Crippen LogP) is 7.84. The van der Waals surface area contributed by atoms with E-state index in [1.54, 1.807) is 0 Å². The zero-order valence-electron chi connectivity index (χ0n) is 20.4. The fourth-order valence-corrected chi connectivity index (χ4v) is 5.80. The van der Waals surface area contributed by atoms with Gasteiger partial charge in [-0.05, 0) is 69.2 Å². The number of rotatable bonds is 4. The van der Waals surface area contributed by atoms with E-state index in [1.807, 2.05) is 0 Å². The Morgan fingerprint density at radius 2 is 1.27 bits per heavy atom. The number of hydrogen-bond donors (Lipinski definition) is 0. The molecule has 1 fully saturated rings. The summed E-state index contributed by atoms with van der Waals surface area (Å²) in [6, 6.07) is 27.1. The van der Waals surface area contributed by atoms with Gasteiger partial charge in [0.1, 0.15) is 11.7 Å². The molecule has 5 rings (SSSR count). The van der Waals surface area contributed by atoms with Gasteiger partial charge in [-0.2, -0.15) is 4.57 Å². The van der Waals surface area contributed by atoms with Crippen LogP contribution in [0.4, 0.5) is 0 Å². The Kier molecular flexibility index (Phi) is 5.93. The number of benzene rings is 3. The van der Waals surface area contributed by atoms with Crippen molar-refractivity contribution in [2.24, 2.45) is 0 Å². The molecule has 1 aliphatic rings. The third-order valence-electron chi connectivity index (χ3n) is 7.41. The van der Waals surface area contributed by atoms with Crippen molar-refractivity contribution in [1.82, 2.24) is 4.57 Å². The molecule has 0 aliphatic heterocycles. The highest BCUT2D eigenvalue weighted by Gasteiger charge is 2.37. The van der Waals surface area contributed by atoms with Crippen LogP contribution in [-0.2, 0) is 0 Å². The zero-order chi connectivity index (χ0) is 22.9. The number of aryl methyl sites for hydroxylation is 3. The van der Waals surface area contributed by atoms with Crippen LogP contribution in [0, 0.1) is 27.7 Å². The molecule has 3 aromatic carbocycles.